The highest BCUT2D eigenvalue weighted by Crippen LogP contribution is 2.38. The Morgan fingerprint density at radius 3 is 2.43 bits per heavy atom. The maximum absolute atomic E-state index is 13.4. The van der Waals surface area contributed by atoms with Gasteiger partial charge in [-0.3, -0.25) is 9.71 Å². The summed E-state index contributed by atoms with van der Waals surface area (Å²) in [5.74, 6) is 0. The molecule has 0 spiro atoms. The van der Waals surface area contributed by atoms with Gasteiger partial charge in [-0.1, -0.05) is 41.9 Å². The summed E-state index contributed by atoms with van der Waals surface area (Å²) >= 11 is 6.00. The van der Waals surface area contributed by atoms with E-state index in [1.165, 1.54) is 6.07 Å². The fourth-order valence-corrected chi connectivity index (χ4v) is 6.18. The van der Waals surface area contributed by atoms with Crippen LogP contribution in [0.1, 0.15) is 18.4 Å². The van der Waals surface area contributed by atoms with Gasteiger partial charge in [0.2, 0.25) is 0 Å². The van der Waals surface area contributed by atoms with Crippen molar-refractivity contribution < 1.29 is 18.2 Å². The Morgan fingerprint density at radius 1 is 0.919 bits per heavy atom. The van der Waals surface area contributed by atoms with Crippen molar-refractivity contribution in [3.8, 4) is 0 Å². The molecular formula is C26H22ClN5O4S. The van der Waals surface area contributed by atoms with E-state index in [1.807, 2.05) is 24.3 Å². The van der Waals surface area contributed by atoms with Crippen LogP contribution in [0.5, 0.6) is 0 Å². The smallest absolute Gasteiger partial charge is 0.264 e. The zero-order chi connectivity index (χ0) is 25.6. The lowest BCUT2D eigenvalue weighted by Crippen LogP contribution is -2.42. The van der Waals surface area contributed by atoms with Crippen molar-refractivity contribution in [2.45, 2.75) is 23.3 Å². The number of hydrogen-bond donors (Lipinski definition) is 2. The summed E-state index contributed by atoms with van der Waals surface area (Å²) in [6.45, 7) is 1.07. The number of fused-ring (bicyclic) bond motifs is 2. The molecule has 2 aromatic heterocycles. The average molecular weight is 536 g/mol. The van der Waals surface area contributed by atoms with E-state index in [2.05, 4.69) is 24.9 Å². The molecule has 6 rings (SSSR count). The van der Waals surface area contributed by atoms with Crippen molar-refractivity contribution in [3.05, 3.63) is 83.5 Å². The second-order valence-electron chi connectivity index (χ2n) is 9.06. The Morgan fingerprint density at radius 2 is 1.65 bits per heavy atom. The van der Waals surface area contributed by atoms with Gasteiger partial charge < -0.3 is 10.0 Å². The van der Waals surface area contributed by atoms with Gasteiger partial charge in [-0.05, 0) is 65.1 Å². The summed E-state index contributed by atoms with van der Waals surface area (Å²) in [7, 11) is -4.03. The first-order valence-corrected chi connectivity index (χ1v) is 13.6. The Bertz CT molecular complexity index is 1710. The molecule has 1 aliphatic heterocycles. The molecule has 11 heteroatoms. The van der Waals surface area contributed by atoms with Gasteiger partial charge in [0.05, 0.1) is 22.5 Å². The van der Waals surface area contributed by atoms with Gasteiger partial charge in [-0.2, -0.15) is 0 Å². The maximum Gasteiger partial charge on any atom is 0.264 e. The minimum Gasteiger partial charge on any atom is -0.385 e. The van der Waals surface area contributed by atoms with Crippen LogP contribution in [0.2, 0.25) is 5.02 Å². The van der Waals surface area contributed by atoms with Crippen LogP contribution in [-0.2, 0) is 15.6 Å². The van der Waals surface area contributed by atoms with E-state index in [9.17, 15) is 13.5 Å². The number of hydrogen-bond acceptors (Lipinski definition) is 8. The standard InChI is InChI=1S/C26H22ClN5O4S/c27-19-8-6-18(7-9-19)26(33)12-15-32(16-13-26)21-10-11-22(25-24(21)29-36-30-25)37(34,35)31-20-5-1-3-17-4-2-14-28-23(17)20/h1-11,14,31,33H,12-13,15-16H2. The highest BCUT2D eigenvalue weighted by atomic mass is 35.5. The molecule has 0 amide bonds. The minimum atomic E-state index is -4.03. The average Bonchev–Trinajstić information content (AvgIpc) is 3.39. The lowest BCUT2D eigenvalue weighted by atomic mass is 9.84. The van der Waals surface area contributed by atoms with Gasteiger partial charge in [-0.25, -0.2) is 13.0 Å². The highest BCUT2D eigenvalue weighted by molar-refractivity contribution is 7.93. The number of aromatic nitrogens is 3. The first kappa shape index (κ1) is 23.7. The van der Waals surface area contributed by atoms with Crippen LogP contribution < -0.4 is 9.62 Å². The van der Waals surface area contributed by atoms with E-state index in [1.54, 1.807) is 42.6 Å². The van der Waals surface area contributed by atoms with Crippen LogP contribution in [0, 0.1) is 0 Å². The molecule has 0 saturated carbocycles. The number of pyridine rings is 1. The number of nitrogens with one attached hydrogen (secondary N) is 1. The second kappa shape index (κ2) is 8.98. The van der Waals surface area contributed by atoms with Crippen LogP contribution in [0.3, 0.4) is 0 Å². The van der Waals surface area contributed by atoms with E-state index >= 15 is 0 Å². The second-order valence-corrected chi connectivity index (χ2v) is 11.1. The third-order valence-electron chi connectivity index (χ3n) is 6.84. The van der Waals surface area contributed by atoms with Gasteiger partial charge in [0.15, 0.2) is 11.0 Å². The van der Waals surface area contributed by atoms with Crippen LogP contribution in [0.15, 0.2) is 82.5 Å². The molecule has 188 valence electrons. The largest absolute Gasteiger partial charge is 0.385 e. The van der Waals surface area contributed by atoms with Crippen molar-refractivity contribution in [2.75, 3.05) is 22.7 Å². The molecule has 0 bridgehead atoms. The lowest BCUT2D eigenvalue weighted by Gasteiger charge is -2.39. The molecule has 2 N–H and O–H groups in total. The SMILES string of the molecule is O=S(=O)(Nc1cccc2cccnc12)c1ccc(N2CCC(O)(c3ccc(Cl)cc3)CC2)c2nonc12. The molecule has 1 saturated heterocycles. The van der Waals surface area contributed by atoms with Crippen LogP contribution in [0.4, 0.5) is 11.4 Å². The fraction of sp³-hybridized carbons (Fsp3) is 0.192. The normalized spacial score (nSPS) is 15.8. The summed E-state index contributed by atoms with van der Waals surface area (Å²) < 4.78 is 34.4. The van der Waals surface area contributed by atoms with Crippen molar-refractivity contribution in [1.29, 1.82) is 0 Å². The molecule has 37 heavy (non-hydrogen) atoms. The monoisotopic (exact) mass is 535 g/mol. The zero-order valence-corrected chi connectivity index (χ0v) is 21.1. The summed E-state index contributed by atoms with van der Waals surface area (Å²) in [6.07, 6.45) is 2.58. The van der Waals surface area contributed by atoms with Crippen molar-refractivity contribution in [1.82, 2.24) is 15.3 Å². The van der Waals surface area contributed by atoms with E-state index < -0.39 is 15.6 Å². The number of sulfonamides is 1. The van der Waals surface area contributed by atoms with E-state index in [-0.39, 0.29) is 10.4 Å². The van der Waals surface area contributed by atoms with Crippen LogP contribution in [0.25, 0.3) is 21.9 Å². The van der Waals surface area contributed by atoms with Gasteiger partial charge in [0.1, 0.15) is 4.90 Å². The molecule has 0 atom stereocenters. The predicted octanol–water partition coefficient (Wildman–Crippen LogP) is 4.71. The van der Waals surface area contributed by atoms with Gasteiger partial charge >= 0.3 is 0 Å². The predicted molar refractivity (Wildman–Crippen MR) is 141 cm³/mol. The number of anilines is 2. The molecule has 9 nitrogen and oxygen atoms in total. The van der Waals surface area contributed by atoms with E-state index in [0.717, 1.165) is 10.9 Å². The van der Waals surface area contributed by atoms with Crippen LogP contribution >= 0.6 is 11.6 Å². The molecule has 3 aromatic carbocycles. The highest BCUT2D eigenvalue weighted by Gasteiger charge is 2.35. The molecule has 1 fully saturated rings. The van der Waals surface area contributed by atoms with Gasteiger partial charge in [-0.15, -0.1) is 0 Å². The third kappa shape index (κ3) is 4.26. The number of benzene rings is 3. The molecule has 3 heterocycles. The maximum atomic E-state index is 13.4. The molecule has 5 aromatic rings. The summed E-state index contributed by atoms with van der Waals surface area (Å²) in [5, 5.41) is 20.6. The Balaban J connectivity index is 1.29. The first-order valence-electron chi connectivity index (χ1n) is 11.7. The van der Waals surface area contributed by atoms with Crippen molar-refractivity contribution in [3.63, 3.8) is 0 Å². The number of nitrogens with zero attached hydrogens (tertiary/aromatic N) is 4. The van der Waals surface area contributed by atoms with Gasteiger partial charge in [0, 0.05) is 29.7 Å². The topological polar surface area (TPSA) is 121 Å². The molecular weight excluding hydrogens is 514 g/mol. The summed E-state index contributed by atoms with van der Waals surface area (Å²) in [4.78, 5) is 6.32. The Kier molecular flexibility index (Phi) is 5.74. The number of para-hydroxylation sites is 1. The quantitative estimate of drug-likeness (QED) is 0.332. The van der Waals surface area contributed by atoms with Crippen LogP contribution in [-0.4, -0.2) is 41.9 Å². The molecule has 1 aliphatic rings. The van der Waals surface area contributed by atoms with Crippen molar-refractivity contribution in [2.24, 2.45) is 0 Å². The molecule has 0 aliphatic carbocycles. The molecule has 0 radical (unpaired) electrons. The zero-order valence-electron chi connectivity index (χ0n) is 19.5. The first-order chi connectivity index (χ1) is 17.8. The fourth-order valence-electron chi connectivity index (χ4n) is 4.86. The minimum absolute atomic E-state index is 0.0462. The summed E-state index contributed by atoms with van der Waals surface area (Å²) in [6, 6.07) is 19.4. The lowest BCUT2D eigenvalue weighted by molar-refractivity contribution is 0.0118. The van der Waals surface area contributed by atoms with E-state index in [0.29, 0.717) is 53.4 Å². The molecule has 0 unspecified atom stereocenters. The number of rotatable bonds is 5. The Hall–Kier alpha value is -3.73. The van der Waals surface area contributed by atoms with Crippen molar-refractivity contribution >= 4 is 54.9 Å². The number of aliphatic hydroxyl groups is 1. The number of piperidine rings is 1. The van der Waals surface area contributed by atoms with Gasteiger partial charge in [0.25, 0.3) is 10.0 Å². The summed E-state index contributed by atoms with van der Waals surface area (Å²) in [5.41, 5.74) is 1.93. The van der Waals surface area contributed by atoms with E-state index in [4.69, 9.17) is 16.2 Å². The third-order valence-corrected chi connectivity index (χ3v) is 8.49. The number of halogens is 1. The Labute approximate surface area is 217 Å².